The molecule has 0 aliphatic heterocycles. The second kappa shape index (κ2) is 4.06. The Hall–Kier alpha value is -0.0800. The van der Waals surface area contributed by atoms with Gasteiger partial charge in [-0.3, -0.25) is 0 Å². The fourth-order valence-corrected chi connectivity index (χ4v) is 3.24. The molecule has 2 nitrogen and oxygen atoms in total. The van der Waals surface area contributed by atoms with Gasteiger partial charge in [-0.25, -0.2) is 0 Å². The Labute approximate surface area is 93.5 Å². The molecule has 2 N–H and O–H groups in total. The first-order valence-corrected chi connectivity index (χ1v) is 6.48. The van der Waals surface area contributed by atoms with E-state index in [1.807, 2.05) is 13.8 Å². The van der Waals surface area contributed by atoms with Crippen LogP contribution < -0.4 is 5.32 Å². The zero-order chi connectivity index (χ0) is 10.9. The summed E-state index contributed by atoms with van der Waals surface area (Å²) in [5, 5.41) is 13.3. The van der Waals surface area contributed by atoms with Gasteiger partial charge in [0.15, 0.2) is 0 Å². The molecule has 1 unspecified atom stereocenters. The van der Waals surface area contributed by atoms with Gasteiger partial charge in [0.2, 0.25) is 0 Å². The van der Waals surface area contributed by atoms with Gasteiger partial charge in [0.25, 0.3) is 0 Å². The van der Waals surface area contributed by atoms with Crippen molar-refractivity contribution in [3.05, 3.63) is 0 Å². The molecular formula is C13H25NO. The average Bonchev–Trinajstić information content (AvgIpc) is 2.16. The summed E-state index contributed by atoms with van der Waals surface area (Å²) < 4.78 is 0. The lowest BCUT2D eigenvalue weighted by atomic mass is 9.57. The largest absolute Gasteiger partial charge is 0.389 e. The van der Waals surface area contributed by atoms with Crippen molar-refractivity contribution in [3.63, 3.8) is 0 Å². The maximum Gasteiger partial charge on any atom is 0.0715 e. The van der Waals surface area contributed by atoms with E-state index in [1.165, 1.54) is 44.9 Å². The fraction of sp³-hybridized carbons (Fsp3) is 1.00. The van der Waals surface area contributed by atoms with Crippen LogP contribution in [0, 0.1) is 5.41 Å². The Kier molecular flexibility index (Phi) is 3.09. The van der Waals surface area contributed by atoms with E-state index in [2.05, 4.69) is 5.32 Å². The smallest absolute Gasteiger partial charge is 0.0715 e. The minimum atomic E-state index is -0.564. The van der Waals surface area contributed by atoms with E-state index < -0.39 is 5.60 Å². The zero-order valence-corrected chi connectivity index (χ0v) is 10.2. The average molecular weight is 211 g/mol. The van der Waals surface area contributed by atoms with Gasteiger partial charge in [-0.2, -0.15) is 0 Å². The van der Waals surface area contributed by atoms with Crippen molar-refractivity contribution in [2.75, 3.05) is 6.54 Å². The highest BCUT2D eigenvalue weighted by atomic mass is 16.3. The normalized spacial score (nSPS) is 30.2. The van der Waals surface area contributed by atoms with Crippen molar-refractivity contribution in [1.82, 2.24) is 5.32 Å². The summed E-state index contributed by atoms with van der Waals surface area (Å²) in [7, 11) is 0. The predicted molar refractivity (Wildman–Crippen MR) is 62.8 cm³/mol. The Morgan fingerprint density at radius 3 is 2.33 bits per heavy atom. The van der Waals surface area contributed by atoms with E-state index in [4.69, 9.17) is 0 Å². The number of rotatable bonds is 3. The summed E-state index contributed by atoms with van der Waals surface area (Å²) in [6.07, 6.45) is 9.82. The minimum absolute atomic E-state index is 0.564. The van der Waals surface area contributed by atoms with Crippen LogP contribution >= 0.6 is 0 Å². The summed E-state index contributed by atoms with van der Waals surface area (Å²) in [5.74, 6) is 0. The molecule has 2 aliphatic rings. The number of aliphatic hydroxyl groups is 1. The summed E-state index contributed by atoms with van der Waals surface area (Å²) in [6, 6.07) is 0.684. The second-order valence-corrected chi connectivity index (χ2v) is 6.21. The monoisotopic (exact) mass is 211 g/mol. The first kappa shape index (κ1) is 11.4. The molecule has 2 heteroatoms. The summed E-state index contributed by atoms with van der Waals surface area (Å²) in [5.41, 5.74) is 0.0505. The molecular weight excluding hydrogens is 186 g/mol. The second-order valence-electron chi connectivity index (χ2n) is 6.21. The van der Waals surface area contributed by atoms with Crippen LogP contribution in [-0.4, -0.2) is 23.3 Å². The third-order valence-corrected chi connectivity index (χ3v) is 4.30. The molecule has 0 heterocycles. The third-order valence-electron chi connectivity index (χ3n) is 4.30. The lowest BCUT2D eigenvalue weighted by Crippen LogP contribution is -2.56. The van der Waals surface area contributed by atoms with Crippen molar-refractivity contribution in [3.8, 4) is 0 Å². The Balaban J connectivity index is 1.83. The molecule has 1 spiro atoms. The highest BCUT2D eigenvalue weighted by molar-refractivity contribution is 5.02. The van der Waals surface area contributed by atoms with E-state index >= 15 is 0 Å². The first-order valence-electron chi connectivity index (χ1n) is 6.48. The van der Waals surface area contributed by atoms with Crippen molar-refractivity contribution < 1.29 is 5.11 Å². The summed E-state index contributed by atoms with van der Waals surface area (Å²) in [6.45, 7) is 4.50. The van der Waals surface area contributed by atoms with Crippen LogP contribution in [0.25, 0.3) is 0 Å². The minimum Gasteiger partial charge on any atom is -0.389 e. The van der Waals surface area contributed by atoms with Gasteiger partial charge in [-0.1, -0.05) is 19.3 Å². The maximum absolute atomic E-state index is 9.71. The van der Waals surface area contributed by atoms with Crippen molar-refractivity contribution >= 4 is 0 Å². The van der Waals surface area contributed by atoms with E-state index in [0.717, 1.165) is 6.54 Å². The molecule has 15 heavy (non-hydrogen) atoms. The Bertz CT molecular complexity index is 213. The molecule has 2 rings (SSSR count). The molecule has 2 aliphatic carbocycles. The third kappa shape index (κ3) is 2.54. The van der Waals surface area contributed by atoms with Crippen LogP contribution in [-0.2, 0) is 0 Å². The van der Waals surface area contributed by atoms with Gasteiger partial charge in [0.1, 0.15) is 0 Å². The molecule has 0 aromatic carbocycles. The van der Waals surface area contributed by atoms with Gasteiger partial charge in [0, 0.05) is 12.6 Å². The SMILES string of the molecule is CC(C)(O)CNC1CCC12CCCCC2. The van der Waals surface area contributed by atoms with E-state index in [9.17, 15) is 5.11 Å². The first-order chi connectivity index (χ1) is 7.02. The van der Waals surface area contributed by atoms with Crippen LogP contribution in [0.5, 0.6) is 0 Å². The Morgan fingerprint density at radius 2 is 1.87 bits per heavy atom. The lowest BCUT2D eigenvalue weighted by Gasteiger charge is -2.53. The van der Waals surface area contributed by atoms with Crippen LogP contribution in [0.3, 0.4) is 0 Å². The Morgan fingerprint density at radius 1 is 1.20 bits per heavy atom. The van der Waals surface area contributed by atoms with Crippen molar-refractivity contribution in [1.29, 1.82) is 0 Å². The standard InChI is InChI=1S/C13H25NO/c1-12(2,15)10-14-11-6-9-13(11)7-4-3-5-8-13/h11,14-15H,3-10H2,1-2H3. The van der Waals surface area contributed by atoms with Crippen LogP contribution in [0.4, 0.5) is 0 Å². The molecule has 0 amide bonds. The molecule has 0 saturated heterocycles. The molecule has 2 fully saturated rings. The molecule has 0 aromatic heterocycles. The van der Waals surface area contributed by atoms with Gasteiger partial charge in [0.05, 0.1) is 5.60 Å². The molecule has 2 saturated carbocycles. The summed E-state index contributed by atoms with van der Waals surface area (Å²) >= 11 is 0. The number of hydrogen-bond acceptors (Lipinski definition) is 2. The number of hydrogen-bond donors (Lipinski definition) is 2. The quantitative estimate of drug-likeness (QED) is 0.751. The highest BCUT2D eigenvalue weighted by Crippen LogP contribution is 2.51. The van der Waals surface area contributed by atoms with E-state index in [0.29, 0.717) is 11.5 Å². The molecule has 0 radical (unpaired) electrons. The van der Waals surface area contributed by atoms with Crippen LogP contribution in [0.15, 0.2) is 0 Å². The lowest BCUT2D eigenvalue weighted by molar-refractivity contribution is 0.00298. The fourth-order valence-electron chi connectivity index (χ4n) is 3.24. The van der Waals surface area contributed by atoms with Crippen LogP contribution in [0.2, 0.25) is 0 Å². The van der Waals surface area contributed by atoms with Gasteiger partial charge < -0.3 is 10.4 Å². The van der Waals surface area contributed by atoms with E-state index in [-0.39, 0.29) is 0 Å². The van der Waals surface area contributed by atoms with Gasteiger partial charge >= 0.3 is 0 Å². The molecule has 1 atom stereocenters. The van der Waals surface area contributed by atoms with Crippen molar-refractivity contribution in [2.24, 2.45) is 5.41 Å². The molecule has 88 valence electrons. The van der Waals surface area contributed by atoms with Crippen LogP contribution in [0.1, 0.15) is 58.8 Å². The summed E-state index contributed by atoms with van der Waals surface area (Å²) in [4.78, 5) is 0. The number of nitrogens with one attached hydrogen (secondary N) is 1. The van der Waals surface area contributed by atoms with Gasteiger partial charge in [-0.05, 0) is 44.9 Å². The predicted octanol–water partition coefficient (Wildman–Crippen LogP) is 2.46. The highest BCUT2D eigenvalue weighted by Gasteiger charge is 2.46. The van der Waals surface area contributed by atoms with Crippen molar-refractivity contribution in [2.45, 2.75) is 70.4 Å². The maximum atomic E-state index is 9.71. The molecule has 0 aromatic rings. The topological polar surface area (TPSA) is 32.3 Å². The van der Waals surface area contributed by atoms with E-state index in [1.54, 1.807) is 0 Å². The molecule has 0 bridgehead atoms. The van der Waals surface area contributed by atoms with Gasteiger partial charge in [-0.15, -0.1) is 0 Å². The zero-order valence-electron chi connectivity index (χ0n) is 10.2.